The van der Waals surface area contributed by atoms with Gasteiger partial charge in [0.1, 0.15) is 5.76 Å². The molecule has 2 heterocycles. The Labute approximate surface area is 106 Å². The van der Waals surface area contributed by atoms with E-state index >= 15 is 0 Å². The Morgan fingerprint density at radius 2 is 2.33 bits per heavy atom. The highest BCUT2D eigenvalue weighted by atomic mass is 32.2. The first-order chi connectivity index (χ1) is 8.52. The van der Waals surface area contributed by atoms with Crippen molar-refractivity contribution in [2.45, 2.75) is 18.7 Å². The van der Waals surface area contributed by atoms with Gasteiger partial charge in [0, 0.05) is 0 Å². The van der Waals surface area contributed by atoms with Crippen molar-refractivity contribution in [2.24, 2.45) is 0 Å². The largest absolute Gasteiger partial charge is 0.468 e. The van der Waals surface area contributed by atoms with E-state index in [9.17, 15) is 13.5 Å². The van der Waals surface area contributed by atoms with E-state index < -0.39 is 22.0 Å². The predicted molar refractivity (Wildman–Crippen MR) is 66.4 cm³/mol. The molecule has 2 rings (SSSR count). The maximum atomic E-state index is 11.5. The molecule has 18 heavy (non-hydrogen) atoms. The minimum absolute atomic E-state index is 0.0590. The topological polar surface area (TPSA) is 70.8 Å². The molecule has 0 bridgehead atoms. The van der Waals surface area contributed by atoms with Gasteiger partial charge in [-0.15, -0.1) is 6.42 Å². The molecule has 98 valence electrons. The molecular formula is C12H15NO4S. The van der Waals surface area contributed by atoms with Crippen LogP contribution in [-0.2, 0) is 16.4 Å². The molecule has 2 atom stereocenters. The van der Waals surface area contributed by atoms with Crippen LogP contribution in [0.2, 0.25) is 0 Å². The van der Waals surface area contributed by atoms with Crippen molar-refractivity contribution < 1.29 is 17.9 Å². The third kappa shape index (κ3) is 2.93. The number of aliphatic hydroxyl groups excluding tert-OH is 1. The average Bonchev–Trinajstić information content (AvgIpc) is 2.85. The number of hydrogen-bond acceptors (Lipinski definition) is 5. The third-order valence-electron chi connectivity index (χ3n) is 3.00. The van der Waals surface area contributed by atoms with E-state index in [0.717, 1.165) is 0 Å². The van der Waals surface area contributed by atoms with Gasteiger partial charge in [0.25, 0.3) is 0 Å². The first kappa shape index (κ1) is 13.1. The number of furan rings is 1. The Balaban J connectivity index is 2.13. The van der Waals surface area contributed by atoms with Gasteiger partial charge in [-0.1, -0.05) is 5.92 Å². The van der Waals surface area contributed by atoms with Crippen LogP contribution in [0, 0.1) is 12.3 Å². The van der Waals surface area contributed by atoms with E-state index in [1.54, 1.807) is 23.3 Å². The summed E-state index contributed by atoms with van der Waals surface area (Å²) in [6.07, 6.45) is 5.94. The van der Waals surface area contributed by atoms with E-state index in [1.807, 2.05) is 0 Å². The summed E-state index contributed by atoms with van der Waals surface area (Å²) in [6, 6.07) is 3.08. The molecule has 0 radical (unpaired) electrons. The van der Waals surface area contributed by atoms with Crippen LogP contribution in [0.1, 0.15) is 5.76 Å². The van der Waals surface area contributed by atoms with Crippen molar-refractivity contribution in [1.82, 2.24) is 4.90 Å². The minimum Gasteiger partial charge on any atom is -0.468 e. The lowest BCUT2D eigenvalue weighted by Crippen LogP contribution is -2.42. The van der Waals surface area contributed by atoms with E-state index in [4.69, 9.17) is 10.8 Å². The molecule has 1 N–H and O–H groups in total. The van der Waals surface area contributed by atoms with Gasteiger partial charge in [0.2, 0.25) is 0 Å². The molecule has 1 aromatic heterocycles. The Kier molecular flexibility index (Phi) is 3.76. The number of nitrogens with zero attached hydrogens (tertiary/aromatic N) is 1. The second-order valence-electron chi connectivity index (χ2n) is 4.40. The zero-order valence-corrected chi connectivity index (χ0v) is 10.6. The van der Waals surface area contributed by atoms with Gasteiger partial charge in [0.15, 0.2) is 9.84 Å². The highest BCUT2D eigenvalue weighted by molar-refractivity contribution is 7.91. The molecule has 0 aromatic carbocycles. The van der Waals surface area contributed by atoms with Crippen LogP contribution < -0.4 is 0 Å². The summed E-state index contributed by atoms with van der Waals surface area (Å²) in [5.74, 6) is 2.92. The van der Waals surface area contributed by atoms with Crippen LogP contribution in [0.15, 0.2) is 22.8 Å². The molecular weight excluding hydrogens is 254 g/mol. The zero-order valence-electron chi connectivity index (χ0n) is 9.82. The second-order valence-corrected chi connectivity index (χ2v) is 6.55. The number of terminal acetylenes is 1. The SMILES string of the molecule is C#CCN(Cc1ccco1)C1CS(=O)(=O)CC1O. The molecule has 0 saturated carbocycles. The highest BCUT2D eigenvalue weighted by Crippen LogP contribution is 2.20. The van der Waals surface area contributed by atoms with Crippen LogP contribution in [-0.4, -0.2) is 48.6 Å². The fourth-order valence-electron chi connectivity index (χ4n) is 2.17. The predicted octanol–water partition coefficient (Wildman–Crippen LogP) is -0.127. The second kappa shape index (κ2) is 5.14. The van der Waals surface area contributed by atoms with Crippen molar-refractivity contribution in [2.75, 3.05) is 18.1 Å². The quantitative estimate of drug-likeness (QED) is 0.771. The Hall–Kier alpha value is -1.29. The normalized spacial score (nSPS) is 26.3. The van der Waals surface area contributed by atoms with Crippen LogP contribution in [0.5, 0.6) is 0 Å². The molecule has 1 aliphatic rings. The molecule has 1 saturated heterocycles. The Morgan fingerprint density at radius 3 is 2.83 bits per heavy atom. The molecule has 0 amide bonds. The molecule has 5 nitrogen and oxygen atoms in total. The summed E-state index contributed by atoms with van der Waals surface area (Å²) in [4.78, 5) is 1.76. The summed E-state index contributed by atoms with van der Waals surface area (Å²) >= 11 is 0. The summed E-state index contributed by atoms with van der Waals surface area (Å²) < 4.78 is 28.2. The molecule has 0 spiro atoms. The number of sulfone groups is 1. The van der Waals surface area contributed by atoms with E-state index in [-0.39, 0.29) is 18.1 Å². The molecule has 1 fully saturated rings. The standard InChI is InChI=1S/C12H15NO4S/c1-2-5-13(7-10-4-3-6-17-10)11-8-18(15,16)9-12(11)14/h1,3-4,6,11-12,14H,5,7-9H2. The van der Waals surface area contributed by atoms with Gasteiger partial charge in [-0.25, -0.2) is 8.42 Å². The summed E-state index contributed by atoms with van der Waals surface area (Å²) in [5.41, 5.74) is 0. The fraction of sp³-hybridized carbons (Fsp3) is 0.500. The van der Waals surface area contributed by atoms with Crippen molar-refractivity contribution >= 4 is 9.84 Å². The monoisotopic (exact) mass is 269 g/mol. The molecule has 6 heteroatoms. The van der Waals surface area contributed by atoms with Gasteiger partial charge in [-0.2, -0.15) is 0 Å². The summed E-state index contributed by atoms with van der Waals surface area (Å²) in [5, 5.41) is 9.83. The fourth-order valence-corrected chi connectivity index (χ4v) is 4.00. The first-order valence-corrected chi connectivity index (χ1v) is 7.42. The van der Waals surface area contributed by atoms with E-state index in [1.165, 1.54) is 0 Å². The van der Waals surface area contributed by atoms with Crippen LogP contribution in [0.3, 0.4) is 0 Å². The maximum absolute atomic E-state index is 11.5. The lowest BCUT2D eigenvalue weighted by atomic mass is 10.1. The van der Waals surface area contributed by atoms with Gasteiger partial charge < -0.3 is 9.52 Å². The molecule has 1 aromatic rings. The van der Waals surface area contributed by atoms with Gasteiger partial charge >= 0.3 is 0 Å². The maximum Gasteiger partial charge on any atom is 0.154 e. The van der Waals surface area contributed by atoms with Gasteiger partial charge in [-0.3, -0.25) is 4.90 Å². The van der Waals surface area contributed by atoms with Crippen molar-refractivity contribution in [1.29, 1.82) is 0 Å². The Bertz CT molecular complexity index is 529. The lowest BCUT2D eigenvalue weighted by molar-refractivity contribution is 0.0832. The summed E-state index contributed by atoms with van der Waals surface area (Å²) in [6.45, 7) is 0.673. The minimum atomic E-state index is -3.18. The van der Waals surface area contributed by atoms with E-state index in [2.05, 4.69) is 5.92 Å². The molecule has 1 aliphatic heterocycles. The summed E-state index contributed by atoms with van der Waals surface area (Å²) in [7, 11) is -3.18. The average molecular weight is 269 g/mol. The van der Waals surface area contributed by atoms with Crippen molar-refractivity contribution in [3.05, 3.63) is 24.2 Å². The van der Waals surface area contributed by atoms with E-state index in [0.29, 0.717) is 12.3 Å². The molecule has 0 aliphatic carbocycles. The number of rotatable bonds is 4. The highest BCUT2D eigenvalue weighted by Gasteiger charge is 2.39. The van der Waals surface area contributed by atoms with Gasteiger partial charge in [-0.05, 0) is 12.1 Å². The van der Waals surface area contributed by atoms with Gasteiger partial charge in [0.05, 0.1) is 43.0 Å². The first-order valence-electron chi connectivity index (χ1n) is 5.60. The smallest absolute Gasteiger partial charge is 0.154 e. The Morgan fingerprint density at radius 1 is 1.56 bits per heavy atom. The third-order valence-corrected chi connectivity index (χ3v) is 4.69. The molecule has 2 unspecified atom stereocenters. The van der Waals surface area contributed by atoms with Crippen LogP contribution in [0.4, 0.5) is 0 Å². The number of aliphatic hydroxyl groups is 1. The van der Waals surface area contributed by atoms with Crippen molar-refractivity contribution in [3.8, 4) is 12.3 Å². The van der Waals surface area contributed by atoms with Crippen LogP contribution in [0.25, 0.3) is 0 Å². The number of hydrogen-bond donors (Lipinski definition) is 1. The lowest BCUT2D eigenvalue weighted by Gasteiger charge is -2.27. The zero-order chi connectivity index (χ0) is 13.2. The van der Waals surface area contributed by atoms with Crippen LogP contribution >= 0.6 is 0 Å². The van der Waals surface area contributed by atoms with Crippen molar-refractivity contribution in [3.63, 3.8) is 0 Å².